The third-order valence-electron chi connectivity index (χ3n) is 4.86. The van der Waals surface area contributed by atoms with Gasteiger partial charge < -0.3 is 15.0 Å². The summed E-state index contributed by atoms with van der Waals surface area (Å²) in [6, 6.07) is 15.0. The average Bonchev–Trinajstić information content (AvgIpc) is 3.09. The Bertz CT molecular complexity index is 901. The molecule has 1 aliphatic heterocycles. The Kier molecular flexibility index (Phi) is 6.88. The van der Waals surface area contributed by atoms with E-state index in [1.165, 1.54) is 0 Å². The van der Waals surface area contributed by atoms with Crippen LogP contribution in [0.5, 0.6) is 0 Å². The summed E-state index contributed by atoms with van der Waals surface area (Å²) in [4.78, 5) is 38.1. The minimum Gasteiger partial charge on any atom is -0.455 e. The molecule has 1 aliphatic rings. The van der Waals surface area contributed by atoms with Crippen molar-refractivity contribution in [1.29, 1.82) is 0 Å². The van der Waals surface area contributed by atoms with E-state index in [1.54, 1.807) is 23.1 Å². The van der Waals surface area contributed by atoms with E-state index in [1.807, 2.05) is 37.3 Å². The molecule has 0 aliphatic carbocycles. The molecule has 0 aromatic heterocycles. The standard InChI is InChI=1S/C22H23ClN2O4/c1-15-7-8-18(12-19(15)23)24-20(26)14-29-22(28)17-11-21(27)25(13-17)10-9-16-5-3-2-4-6-16/h2-8,12,17H,9-11,13-14H2,1H3,(H,24,26)/t17-/m1/s1. The van der Waals surface area contributed by atoms with Crippen LogP contribution in [0.1, 0.15) is 17.5 Å². The Morgan fingerprint density at radius 1 is 1.21 bits per heavy atom. The second kappa shape index (κ2) is 9.56. The molecule has 1 N–H and O–H groups in total. The van der Waals surface area contributed by atoms with E-state index >= 15 is 0 Å². The van der Waals surface area contributed by atoms with Gasteiger partial charge in [0.2, 0.25) is 5.91 Å². The van der Waals surface area contributed by atoms with Gasteiger partial charge in [0, 0.05) is 30.2 Å². The quantitative estimate of drug-likeness (QED) is 0.706. The number of carbonyl (C=O) groups excluding carboxylic acids is 3. The maximum Gasteiger partial charge on any atom is 0.311 e. The normalized spacial score (nSPS) is 16.0. The minimum absolute atomic E-state index is 0.0679. The molecule has 0 spiro atoms. The van der Waals surface area contributed by atoms with Gasteiger partial charge in [0.1, 0.15) is 0 Å². The third-order valence-corrected chi connectivity index (χ3v) is 5.27. The second-order valence-corrected chi connectivity index (χ2v) is 7.50. The van der Waals surface area contributed by atoms with E-state index in [0.29, 0.717) is 23.8 Å². The number of aryl methyl sites for hydroxylation is 1. The van der Waals surface area contributed by atoms with E-state index < -0.39 is 24.4 Å². The smallest absolute Gasteiger partial charge is 0.311 e. The molecule has 0 unspecified atom stereocenters. The number of hydrogen-bond acceptors (Lipinski definition) is 4. The van der Waals surface area contributed by atoms with Gasteiger partial charge in [0.15, 0.2) is 6.61 Å². The zero-order valence-electron chi connectivity index (χ0n) is 16.2. The lowest BCUT2D eigenvalue weighted by molar-refractivity contribution is -0.151. The van der Waals surface area contributed by atoms with Gasteiger partial charge in [0.05, 0.1) is 5.92 Å². The van der Waals surface area contributed by atoms with Crippen molar-refractivity contribution in [2.45, 2.75) is 19.8 Å². The number of benzene rings is 2. The number of rotatable bonds is 7. The molecule has 0 radical (unpaired) electrons. The molecule has 0 bridgehead atoms. The summed E-state index contributed by atoms with van der Waals surface area (Å²) in [5.74, 6) is -1.59. The van der Waals surface area contributed by atoms with Crippen LogP contribution in [0.4, 0.5) is 5.69 Å². The number of esters is 1. The van der Waals surface area contributed by atoms with Crippen LogP contribution >= 0.6 is 11.6 Å². The Balaban J connectivity index is 1.43. The molecule has 2 aromatic carbocycles. The fourth-order valence-corrected chi connectivity index (χ4v) is 3.36. The first-order chi connectivity index (χ1) is 13.9. The Hall–Kier alpha value is -2.86. The summed E-state index contributed by atoms with van der Waals surface area (Å²) in [5.41, 5.74) is 2.57. The van der Waals surface area contributed by atoms with Gasteiger partial charge in [-0.2, -0.15) is 0 Å². The summed E-state index contributed by atoms with van der Waals surface area (Å²) >= 11 is 6.03. The number of likely N-dealkylation sites (tertiary alicyclic amines) is 1. The molecule has 7 heteroatoms. The number of ether oxygens (including phenoxy) is 1. The summed E-state index contributed by atoms with van der Waals surface area (Å²) < 4.78 is 5.11. The Morgan fingerprint density at radius 2 is 1.97 bits per heavy atom. The fraction of sp³-hybridized carbons (Fsp3) is 0.318. The number of anilines is 1. The third kappa shape index (κ3) is 5.81. The highest BCUT2D eigenvalue weighted by molar-refractivity contribution is 6.31. The van der Waals surface area contributed by atoms with Crippen molar-refractivity contribution in [2.24, 2.45) is 5.92 Å². The zero-order chi connectivity index (χ0) is 20.8. The monoisotopic (exact) mass is 414 g/mol. The molecular weight excluding hydrogens is 392 g/mol. The Labute approximate surface area is 174 Å². The molecule has 1 fully saturated rings. The van der Waals surface area contributed by atoms with Gasteiger partial charge in [-0.05, 0) is 36.6 Å². The van der Waals surface area contributed by atoms with Gasteiger partial charge in [-0.15, -0.1) is 0 Å². The maximum atomic E-state index is 12.3. The van der Waals surface area contributed by atoms with Crippen LogP contribution in [0.3, 0.4) is 0 Å². The lowest BCUT2D eigenvalue weighted by Crippen LogP contribution is -2.29. The predicted molar refractivity (Wildman–Crippen MR) is 111 cm³/mol. The van der Waals surface area contributed by atoms with Gasteiger partial charge in [0.25, 0.3) is 5.91 Å². The van der Waals surface area contributed by atoms with Crippen LogP contribution in [0.2, 0.25) is 5.02 Å². The average molecular weight is 415 g/mol. The van der Waals surface area contributed by atoms with Crippen molar-refractivity contribution in [1.82, 2.24) is 4.90 Å². The topological polar surface area (TPSA) is 75.7 Å². The summed E-state index contributed by atoms with van der Waals surface area (Å²) in [7, 11) is 0. The van der Waals surface area contributed by atoms with Gasteiger partial charge in [-0.1, -0.05) is 48.0 Å². The van der Waals surface area contributed by atoms with E-state index in [-0.39, 0.29) is 12.3 Å². The number of amides is 2. The zero-order valence-corrected chi connectivity index (χ0v) is 16.9. The largest absolute Gasteiger partial charge is 0.455 e. The van der Waals surface area contributed by atoms with Crippen LogP contribution in [-0.4, -0.2) is 42.4 Å². The number of hydrogen-bond donors (Lipinski definition) is 1. The lowest BCUT2D eigenvalue weighted by atomic mass is 10.1. The minimum atomic E-state index is -0.542. The number of carbonyl (C=O) groups is 3. The van der Waals surface area contributed by atoms with Crippen LogP contribution in [0.15, 0.2) is 48.5 Å². The van der Waals surface area contributed by atoms with Crippen molar-refractivity contribution >= 4 is 35.1 Å². The molecule has 2 aromatic rings. The highest BCUT2D eigenvalue weighted by Gasteiger charge is 2.35. The van der Waals surface area contributed by atoms with Crippen molar-refractivity contribution in [2.75, 3.05) is 25.0 Å². The SMILES string of the molecule is Cc1ccc(NC(=O)COC(=O)[C@@H]2CC(=O)N(CCc3ccccc3)C2)cc1Cl. The van der Waals surface area contributed by atoms with Crippen LogP contribution < -0.4 is 5.32 Å². The van der Waals surface area contributed by atoms with Gasteiger partial charge in [-0.25, -0.2) is 0 Å². The van der Waals surface area contributed by atoms with E-state index in [0.717, 1.165) is 17.5 Å². The van der Waals surface area contributed by atoms with E-state index in [2.05, 4.69) is 5.32 Å². The molecule has 0 saturated carbocycles. The van der Waals surface area contributed by atoms with Crippen molar-refractivity contribution in [3.05, 3.63) is 64.7 Å². The van der Waals surface area contributed by atoms with Crippen molar-refractivity contribution in [3.8, 4) is 0 Å². The van der Waals surface area contributed by atoms with E-state index in [4.69, 9.17) is 16.3 Å². The summed E-state index contributed by atoms with van der Waals surface area (Å²) in [5, 5.41) is 3.18. The highest BCUT2D eigenvalue weighted by Crippen LogP contribution is 2.21. The van der Waals surface area contributed by atoms with Crippen molar-refractivity contribution < 1.29 is 19.1 Å². The van der Waals surface area contributed by atoms with Crippen LogP contribution in [0, 0.1) is 12.8 Å². The number of nitrogens with one attached hydrogen (secondary N) is 1. The molecule has 1 heterocycles. The lowest BCUT2D eigenvalue weighted by Gasteiger charge is -2.16. The number of halogens is 1. The molecule has 1 atom stereocenters. The molecular formula is C22H23ClN2O4. The predicted octanol–water partition coefficient (Wildman–Crippen LogP) is 3.22. The molecule has 2 amide bonds. The fourth-order valence-electron chi connectivity index (χ4n) is 3.18. The first kappa shape index (κ1) is 20.9. The summed E-state index contributed by atoms with van der Waals surface area (Å²) in [6.45, 7) is 2.34. The Morgan fingerprint density at radius 3 is 2.69 bits per heavy atom. The molecule has 1 saturated heterocycles. The van der Waals surface area contributed by atoms with Gasteiger partial charge >= 0.3 is 5.97 Å². The second-order valence-electron chi connectivity index (χ2n) is 7.10. The molecule has 3 rings (SSSR count). The van der Waals surface area contributed by atoms with Crippen LogP contribution in [-0.2, 0) is 25.5 Å². The van der Waals surface area contributed by atoms with Gasteiger partial charge in [-0.3, -0.25) is 14.4 Å². The van der Waals surface area contributed by atoms with E-state index in [9.17, 15) is 14.4 Å². The summed E-state index contributed by atoms with van der Waals surface area (Å²) in [6.07, 6.45) is 0.846. The first-order valence-electron chi connectivity index (χ1n) is 9.46. The van der Waals surface area contributed by atoms with Crippen molar-refractivity contribution in [3.63, 3.8) is 0 Å². The highest BCUT2D eigenvalue weighted by atomic mass is 35.5. The van der Waals surface area contributed by atoms with Crippen LogP contribution in [0.25, 0.3) is 0 Å². The number of nitrogens with zero attached hydrogens (tertiary/aromatic N) is 1. The maximum absolute atomic E-state index is 12.3. The first-order valence-corrected chi connectivity index (χ1v) is 9.84. The molecule has 29 heavy (non-hydrogen) atoms. The molecule has 152 valence electrons. The molecule has 6 nitrogen and oxygen atoms in total.